The summed E-state index contributed by atoms with van der Waals surface area (Å²) in [5.74, 6) is 0. The molecule has 0 aliphatic rings. The Balaban J connectivity index is 2.18. The highest BCUT2D eigenvalue weighted by Crippen LogP contribution is 2.24. The van der Waals surface area contributed by atoms with E-state index in [4.69, 9.17) is 12.2 Å². The second-order valence-electron chi connectivity index (χ2n) is 5.21. The van der Waals surface area contributed by atoms with Gasteiger partial charge in [0.1, 0.15) is 0 Å². The van der Waals surface area contributed by atoms with Gasteiger partial charge in [-0.1, -0.05) is 35.9 Å². The van der Waals surface area contributed by atoms with Crippen LogP contribution in [0.15, 0.2) is 47.5 Å². The summed E-state index contributed by atoms with van der Waals surface area (Å²) < 4.78 is 4.51. The molecule has 24 heavy (non-hydrogen) atoms. The molecule has 2 N–H and O–H groups in total. The Labute approximate surface area is 146 Å². The first kappa shape index (κ1) is 17.6. The van der Waals surface area contributed by atoms with E-state index >= 15 is 0 Å². The number of carbonyl (C=O) groups is 1. The summed E-state index contributed by atoms with van der Waals surface area (Å²) in [6.07, 6.45) is 1.19. The Hall–Kier alpha value is -2.73. The Morgan fingerprint density at radius 2 is 1.96 bits per heavy atom. The summed E-state index contributed by atoms with van der Waals surface area (Å²) in [5.41, 5.74) is 4.83. The molecule has 0 aliphatic carbocycles. The van der Waals surface area contributed by atoms with Crippen molar-refractivity contribution in [2.45, 2.75) is 13.8 Å². The maximum atomic E-state index is 11.2. The van der Waals surface area contributed by atoms with Crippen LogP contribution in [0.4, 0.5) is 16.2 Å². The fourth-order valence-electron chi connectivity index (χ4n) is 2.10. The number of aryl methyl sites for hydroxylation is 2. The van der Waals surface area contributed by atoms with Crippen LogP contribution < -0.4 is 10.6 Å². The summed E-state index contributed by atoms with van der Waals surface area (Å²) in [6, 6.07) is 13.6. The Morgan fingerprint density at radius 1 is 1.21 bits per heavy atom. The van der Waals surface area contributed by atoms with Crippen LogP contribution in [0.2, 0.25) is 0 Å². The maximum absolute atomic E-state index is 11.2. The fourth-order valence-corrected chi connectivity index (χ4v) is 2.29. The molecule has 1 amide bonds. The highest BCUT2D eigenvalue weighted by Gasteiger charge is 2.06. The Bertz CT molecular complexity index is 788. The minimum atomic E-state index is -0.622. The molecule has 124 valence electrons. The number of para-hydroxylation sites is 2. The number of benzene rings is 2. The first-order valence-electron chi connectivity index (χ1n) is 7.36. The van der Waals surface area contributed by atoms with Crippen LogP contribution in [0.25, 0.3) is 0 Å². The number of aliphatic imine (C=N–C) groups is 1. The third kappa shape index (κ3) is 4.89. The van der Waals surface area contributed by atoms with E-state index in [-0.39, 0.29) is 5.11 Å². The van der Waals surface area contributed by atoms with E-state index in [1.54, 1.807) is 0 Å². The van der Waals surface area contributed by atoms with Gasteiger partial charge < -0.3 is 10.1 Å². The number of anilines is 1. The van der Waals surface area contributed by atoms with Gasteiger partial charge in [-0.25, -0.2) is 4.79 Å². The third-order valence-electron chi connectivity index (χ3n) is 3.32. The van der Waals surface area contributed by atoms with Crippen LogP contribution in [0.3, 0.4) is 0 Å². The standard InChI is InChI=1S/C18H19N3O2S/c1-12-8-9-14(13(2)10-12)11-19-15-6-4-5-7-16(15)20-17(24)21-18(22)23-3/h4-11H,1-3H3,(H2,20,21,22,24)/b19-11+. The summed E-state index contributed by atoms with van der Waals surface area (Å²) in [5, 5.41) is 5.49. The Kier molecular flexibility index (Phi) is 6.03. The molecule has 0 aliphatic heterocycles. The van der Waals surface area contributed by atoms with E-state index in [1.165, 1.54) is 12.7 Å². The normalized spacial score (nSPS) is 10.5. The predicted octanol–water partition coefficient (Wildman–Crippen LogP) is 4.11. The van der Waals surface area contributed by atoms with Crippen molar-refractivity contribution in [3.05, 3.63) is 59.2 Å². The highest BCUT2D eigenvalue weighted by molar-refractivity contribution is 7.80. The number of ether oxygens (including phenoxy) is 1. The molecule has 0 unspecified atom stereocenters. The molecule has 0 aromatic heterocycles. The largest absolute Gasteiger partial charge is 0.453 e. The van der Waals surface area contributed by atoms with Crippen LogP contribution in [0, 0.1) is 13.8 Å². The van der Waals surface area contributed by atoms with Gasteiger partial charge in [0.25, 0.3) is 0 Å². The zero-order valence-electron chi connectivity index (χ0n) is 13.8. The second kappa shape index (κ2) is 8.21. The van der Waals surface area contributed by atoms with Crippen molar-refractivity contribution in [2.75, 3.05) is 12.4 Å². The van der Waals surface area contributed by atoms with E-state index in [9.17, 15) is 4.79 Å². The minimum absolute atomic E-state index is 0.149. The van der Waals surface area contributed by atoms with Crippen LogP contribution in [0.1, 0.15) is 16.7 Å². The molecule has 6 heteroatoms. The number of nitrogens with zero attached hydrogens (tertiary/aromatic N) is 1. The number of carbonyl (C=O) groups excluding carboxylic acids is 1. The molecule has 0 saturated carbocycles. The number of rotatable bonds is 3. The molecular weight excluding hydrogens is 322 g/mol. The lowest BCUT2D eigenvalue weighted by molar-refractivity contribution is 0.177. The first-order chi connectivity index (χ1) is 11.5. The lowest BCUT2D eigenvalue weighted by atomic mass is 10.1. The van der Waals surface area contributed by atoms with Crippen molar-refractivity contribution >= 4 is 41.0 Å². The maximum Gasteiger partial charge on any atom is 0.413 e. The molecule has 0 fully saturated rings. The number of hydrogen-bond acceptors (Lipinski definition) is 4. The van der Waals surface area contributed by atoms with Crippen LogP contribution in [-0.2, 0) is 4.74 Å². The van der Waals surface area contributed by atoms with Gasteiger partial charge in [-0.3, -0.25) is 10.3 Å². The van der Waals surface area contributed by atoms with Gasteiger partial charge >= 0.3 is 6.09 Å². The Morgan fingerprint density at radius 3 is 2.67 bits per heavy atom. The molecule has 0 spiro atoms. The van der Waals surface area contributed by atoms with Crippen molar-refractivity contribution in [1.29, 1.82) is 0 Å². The SMILES string of the molecule is COC(=O)NC(=S)Nc1ccccc1/N=C/c1ccc(C)cc1C. The van der Waals surface area contributed by atoms with E-state index in [1.807, 2.05) is 49.5 Å². The van der Waals surface area contributed by atoms with Crippen molar-refractivity contribution in [2.24, 2.45) is 4.99 Å². The average Bonchev–Trinajstić information content (AvgIpc) is 2.55. The summed E-state index contributed by atoms with van der Waals surface area (Å²) in [6.45, 7) is 4.11. The van der Waals surface area contributed by atoms with Crippen LogP contribution in [-0.4, -0.2) is 24.5 Å². The summed E-state index contributed by atoms with van der Waals surface area (Å²) >= 11 is 5.08. The van der Waals surface area contributed by atoms with Crippen LogP contribution >= 0.6 is 12.2 Å². The molecule has 2 rings (SSSR count). The topological polar surface area (TPSA) is 62.7 Å². The van der Waals surface area contributed by atoms with Gasteiger partial charge in [-0.2, -0.15) is 0 Å². The molecular formula is C18H19N3O2S. The number of hydrogen-bond donors (Lipinski definition) is 2. The molecule has 0 saturated heterocycles. The zero-order valence-corrected chi connectivity index (χ0v) is 14.6. The van der Waals surface area contributed by atoms with E-state index in [2.05, 4.69) is 33.4 Å². The lowest BCUT2D eigenvalue weighted by Gasteiger charge is -2.10. The molecule has 2 aromatic carbocycles. The van der Waals surface area contributed by atoms with Crippen molar-refractivity contribution in [3.63, 3.8) is 0 Å². The highest BCUT2D eigenvalue weighted by atomic mass is 32.1. The molecule has 5 nitrogen and oxygen atoms in total. The molecule has 0 radical (unpaired) electrons. The van der Waals surface area contributed by atoms with Crippen LogP contribution in [0.5, 0.6) is 0 Å². The molecule has 2 aromatic rings. The van der Waals surface area contributed by atoms with Gasteiger partial charge in [-0.05, 0) is 49.3 Å². The number of nitrogens with one attached hydrogen (secondary N) is 2. The fraction of sp³-hybridized carbons (Fsp3) is 0.167. The van der Waals surface area contributed by atoms with E-state index in [0.29, 0.717) is 11.4 Å². The molecule has 0 bridgehead atoms. The van der Waals surface area contributed by atoms with Gasteiger partial charge in [0.05, 0.1) is 18.5 Å². The average molecular weight is 341 g/mol. The first-order valence-corrected chi connectivity index (χ1v) is 7.76. The van der Waals surface area contributed by atoms with Gasteiger partial charge in [0, 0.05) is 6.21 Å². The van der Waals surface area contributed by atoms with Crippen molar-refractivity contribution in [1.82, 2.24) is 5.32 Å². The second-order valence-corrected chi connectivity index (χ2v) is 5.61. The lowest BCUT2D eigenvalue weighted by Crippen LogP contribution is -2.33. The van der Waals surface area contributed by atoms with E-state index in [0.717, 1.165) is 11.1 Å². The molecule has 0 atom stereocenters. The third-order valence-corrected chi connectivity index (χ3v) is 3.53. The number of methoxy groups -OCH3 is 1. The van der Waals surface area contributed by atoms with Crippen molar-refractivity contribution < 1.29 is 9.53 Å². The van der Waals surface area contributed by atoms with Gasteiger partial charge in [-0.15, -0.1) is 0 Å². The molecule has 0 heterocycles. The number of thiocarbonyl (C=S) groups is 1. The monoisotopic (exact) mass is 341 g/mol. The summed E-state index contributed by atoms with van der Waals surface area (Å²) in [4.78, 5) is 15.7. The summed E-state index contributed by atoms with van der Waals surface area (Å²) in [7, 11) is 1.28. The quantitative estimate of drug-likeness (QED) is 0.651. The minimum Gasteiger partial charge on any atom is -0.453 e. The van der Waals surface area contributed by atoms with Crippen molar-refractivity contribution in [3.8, 4) is 0 Å². The van der Waals surface area contributed by atoms with Gasteiger partial charge in [0.2, 0.25) is 0 Å². The number of alkyl carbamates (subject to hydrolysis) is 1. The van der Waals surface area contributed by atoms with Gasteiger partial charge in [0.15, 0.2) is 5.11 Å². The van der Waals surface area contributed by atoms with E-state index < -0.39 is 6.09 Å². The predicted molar refractivity (Wildman–Crippen MR) is 101 cm³/mol. The smallest absolute Gasteiger partial charge is 0.413 e. The zero-order chi connectivity index (χ0) is 17.5. The number of amides is 1.